The van der Waals surface area contributed by atoms with E-state index in [1.165, 1.54) is 5.56 Å². The smallest absolute Gasteiger partial charge is 0.119 e. The van der Waals surface area contributed by atoms with Crippen molar-refractivity contribution in [1.82, 2.24) is 10.3 Å². The molecule has 1 aromatic carbocycles. The first-order chi connectivity index (χ1) is 10.3. The third kappa shape index (κ3) is 4.87. The van der Waals surface area contributed by atoms with Gasteiger partial charge in [0.15, 0.2) is 0 Å². The number of ether oxygens (including phenoxy) is 1. The molecule has 1 heterocycles. The average Bonchev–Trinajstić information content (AvgIpc) is 2.56. The summed E-state index contributed by atoms with van der Waals surface area (Å²) in [7, 11) is 0. The van der Waals surface area contributed by atoms with Crippen molar-refractivity contribution in [2.75, 3.05) is 6.54 Å². The second-order valence-electron chi connectivity index (χ2n) is 5.13. The van der Waals surface area contributed by atoms with E-state index in [1.807, 2.05) is 30.5 Å². The molecule has 0 aliphatic carbocycles. The van der Waals surface area contributed by atoms with Crippen LogP contribution in [0.4, 0.5) is 0 Å². The zero-order chi connectivity index (χ0) is 14.9. The molecule has 3 nitrogen and oxygen atoms in total. The molecule has 0 bridgehead atoms. The quantitative estimate of drug-likeness (QED) is 0.792. The van der Waals surface area contributed by atoms with Crippen LogP contribution in [0.5, 0.6) is 5.75 Å². The first kappa shape index (κ1) is 15.5. The van der Waals surface area contributed by atoms with E-state index in [-0.39, 0.29) is 0 Å². The fourth-order valence-electron chi connectivity index (χ4n) is 2.26. The van der Waals surface area contributed by atoms with E-state index in [0.717, 1.165) is 30.7 Å². The molecule has 1 aromatic heterocycles. The number of rotatable bonds is 8. The fraction of sp³-hybridized carbons (Fsp3) is 0.389. The lowest BCUT2D eigenvalue weighted by Gasteiger charge is -2.17. The number of nitrogens with zero attached hydrogens (tertiary/aromatic N) is 1. The van der Waals surface area contributed by atoms with Crippen molar-refractivity contribution in [2.24, 2.45) is 0 Å². The van der Waals surface area contributed by atoms with Crippen LogP contribution in [0.3, 0.4) is 0 Å². The van der Waals surface area contributed by atoms with Crippen LogP contribution in [0.25, 0.3) is 0 Å². The lowest BCUT2D eigenvalue weighted by atomic mass is 10.0. The van der Waals surface area contributed by atoms with Gasteiger partial charge in [-0.1, -0.05) is 32.0 Å². The minimum absolute atomic E-state index is 0.428. The molecule has 0 fully saturated rings. The van der Waals surface area contributed by atoms with E-state index >= 15 is 0 Å². The molecule has 1 unspecified atom stereocenters. The Morgan fingerprint density at radius 3 is 2.57 bits per heavy atom. The van der Waals surface area contributed by atoms with Gasteiger partial charge in [0.1, 0.15) is 12.4 Å². The summed E-state index contributed by atoms with van der Waals surface area (Å²) >= 11 is 0. The summed E-state index contributed by atoms with van der Waals surface area (Å²) in [6.45, 7) is 6.01. The second kappa shape index (κ2) is 8.42. The summed E-state index contributed by atoms with van der Waals surface area (Å²) < 4.78 is 5.78. The molecule has 2 rings (SSSR count). The van der Waals surface area contributed by atoms with Gasteiger partial charge < -0.3 is 10.1 Å². The maximum atomic E-state index is 5.78. The van der Waals surface area contributed by atoms with Crippen molar-refractivity contribution in [3.63, 3.8) is 0 Å². The van der Waals surface area contributed by atoms with Gasteiger partial charge in [-0.3, -0.25) is 4.98 Å². The molecule has 112 valence electrons. The van der Waals surface area contributed by atoms with Crippen molar-refractivity contribution in [3.8, 4) is 5.75 Å². The second-order valence-corrected chi connectivity index (χ2v) is 5.13. The zero-order valence-corrected chi connectivity index (χ0v) is 12.9. The van der Waals surface area contributed by atoms with Gasteiger partial charge in [-0.2, -0.15) is 0 Å². The zero-order valence-electron chi connectivity index (χ0n) is 12.9. The summed E-state index contributed by atoms with van der Waals surface area (Å²) in [6.07, 6.45) is 5.85. The van der Waals surface area contributed by atoms with Crippen LogP contribution < -0.4 is 10.1 Å². The Bertz CT molecular complexity index is 511. The van der Waals surface area contributed by atoms with Crippen LogP contribution in [0, 0.1) is 0 Å². The Balaban J connectivity index is 1.92. The predicted molar refractivity (Wildman–Crippen MR) is 86.3 cm³/mol. The average molecular weight is 284 g/mol. The molecule has 0 aliphatic rings. The molecule has 21 heavy (non-hydrogen) atoms. The monoisotopic (exact) mass is 284 g/mol. The van der Waals surface area contributed by atoms with Gasteiger partial charge in [-0.15, -0.1) is 0 Å². The highest BCUT2D eigenvalue weighted by Gasteiger charge is 2.07. The van der Waals surface area contributed by atoms with E-state index in [4.69, 9.17) is 4.74 Å². The minimum Gasteiger partial charge on any atom is -0.489 e. The van der Waals surface area contributed by atoms with Crippen molar-refractivity contribution in [3.05, 3.63) is 59.9 Å². The Morgan fingerprint density at radius 2 is 1.95 bits per heavy atom. The molecule has 1 N–H and O–H groups in total. The number of hydrogen-bond donors (Lipinski definition) is 1. The minimum atomic E-state index is 0.428. The van der Waals surface area contributed by atoms with Crippen LogP contribution in [0.1, 0.15) is 43.9 Å². The maximum Gasteiger partial charge on any atom is 0.119 e. The van der Waals surface area contributed by atoms with Crippen molar-refractivity contribution in [2.45, 2.75) is 39.3 Å². The summed E-state index contributed by atoms with van der Waals surface area (Å²) in [5.74, 6) is 0.896. The number of nitrogens with one attached hydrogen (secondary N) is 1. The Labute approximate surface area is 127 Å². The summed E-state index contributed by atoms with van der Waals surface area (Å²) in [6, 6.07) is 12.8. The third-order valence-corrected chi connectivity index (χ3v) is 3.46. The lowest BCUT2D eigenvalue weighted by Crippen LogP contribution is -2.21. The molecule has 0 saturated heterocycles. The van der Waals surface area contributed by atoms with Gasteiger partial charge in [0.05, 0.1) is 0 Å². The number of hydrogen-bond acceptors (Lipinski definition) is 3. The van der Waals surface area contributed by atoms with E-state index in [9.17, 15) is 0 Å². The van der Waals surface area contributed by atoms with Crippen LogP contribution in [-0.2, 0) is 6.61 Å². The Kier molecular flexibility index (Phi) is 6.22. The Morgan fingerprint density at radius 1 is 1.14 bits per heavy atom. The largest absolute Gasteiger partial charge is 0.489 e. The molecule has 0 spiro atoms. The van der Waals surface area contributed by atoms with Gasteiger partial charge in [-0.25, -0.2) is 0 Å². The van der Waals surface area contributed by atoms with Gasteiger partial charge in [-0.05, 0) is 43.1 Å². The summed E-state index contributed by atoms with van der Waals surface area (Å²) in [5.41, 5.74) is 2.40. The standard InChI is InChI=1S/C18H24N2O/c1-3-11-20-18(4-2)16-7-9-17(10-8-16)21-14-15-6-5-12-19-13-15/h5-10,12-13,18,20H,3-4,11,14H2,1-2H3. The molecular weight excluding hydrogens is 260 g/mol. The van der Waals surface area contributed by atoms with E-state index in [0.29, 0.717) is 12.6 Å². The van der Waals surface area contributed by atoms with E-state index < -0.39 is 0 Å². The van der Waals surface area contributed by atoms with Crippen LogP contribution >= 0.6 is 0 Å². The predicted octanol–water partition coefficient (Wildman–Crippen LogP) is 4.11. The van der Waals surface area contributed by atoms with Gasteiger partial charge in [0.25, 0.3) is 0 Å². The molecule has 0 amide bonds. The molecule has 0 aliphatic heterocycles. The number of benzene rings is 1. The van der Waals surface area contributed by atoms with Crippen molar-refractivity contribution in [1.29, 1.82) is 0 Å². The van der Waals surface area contributed by atoms with Crippen LogP contribution in [0.2, 0.25) is 0 Å². The molecule has 2 aromatic rings. The molecule has 0 radical (unpaired) electrons. The molecule has 3 heteroatoms. The maximum absolute atomic E-state index is 5.78. The van der Waals surface area contributed by atoms with Crippen LogP contribution in [-0.4, -0.2) is 11.5 Å². The van der Waals surface area contributed by atoms with Crippen molar-refractivity contribution >= 4 is 0 Å². The summed E-state index contributed by atoms with van der Waals surface area (Å²) in [4.78, 5) is 4.09. The highest BCUT2D eigenvalue weighted by molar-refractivity contribution is 5.29. The normalized spacial score (nSPS) is 12.1. The number of aromatic nitrogens is 1. The molecule has 0 saturated carbocycles. The fourth-order valence-corrected chi connectivity index (χ4v) is 2.26. The lowest BCUT2D eigenvalue weighted by molar-refractivity contribution is 0.305. The third-order valence-electron chi connectivity index (χ3n) is 3.46. The van der Waals surface area contributed by atoms with Gasteiger partial charge in [0, 0.05) is 24.0 Å². The topological polar surface area (TPSA) is 34.1 Å². The molecular formula is C18H24N2O. The summed E-state index contributed by atoms with van der Waals surface area (Å²) in [5, 5.41) is 3.56. The van der Waals surface area contributed by atoms with E-state index in [1.54, 1.807) is 6.20 Å². The SMILES string of the molecule is CCCNC(CC)c1ccc(OCc2cccnc2)cc1. The first-order valence-electron chi connectivity index (χ1n) is 7.68. The van der Waals surface area contributed by atoms with Gasteiger partial charge >= 0.3 is 0 Å². The van der Waals surface area contributed by atoms with Crippen LogP contribution in [0.15, 0.2) is 48.8 Å². The van der Waals surface area contributed by atoms with E-state index in [2.05, 4.69) is 36.3 Å². The Hall–Kier alpha value is -1.87. The highest BCUT2D eigenvalue weighted by atomic mass is 16.5. The van der Waals surface area contributed by atoms with Gasteiger partial charge in [0.2, 0.25) is 0 Å². The molecule has 1 atom stereocenters. The highest BCUT2D eigenvalue weighted by Crippen LogP contribution is 2.20. The number of pyridine rings is 1. The van der Waals surface area contributed by atoms with Crippen molar-refractivity contribution < 1.29 is 4.74 Å². The first-order valence-corrected chi connectivity index (χ1v) is 7.68.